The van der Waals surface area contributed by atoms with Gasteiger partial charge in [-0.3, -0.25) is 4.79 Å². The molecule has 1 atom stereocenters. The van der Waals surface area contributed by atoms with E-state index in [1.165, 1.54) is 0 Å². The van der Waals surface area contributed by atoms with Gasteiger partial charge >= 0.3 is 0 Å². The number of carbonyl (C=O) groups is 1. The number of carbonyl (C=O) groups excluding carboxylic acids is 1. The van der Waals surface area contributed by atoms with Crippen LogP contribution in [0, 0.1) is 0 Å². The van der Waals surface area contributed by atoms with Crippen molar-refractivity contribution in [1.29, 1.82) is 0 Å². The molecule has 0 saturated heterocycles. The number of Topliss-reactive ketones (excluding diaryl/α,β-unsaturated/α-hetero) is 1. The minimum Gasteiger partial charge on any atom is -0.490 e. The van der Waals surface area contributed by atoms with Crippen LogP contribution in [0.5, 0.6) is 11.5 Å². The SMILES string of the molecule is CCOc1ccc(C(=O)C(N)CCCOC)cc1OCC. The molecule has 0 bridgehead atoms. The summed E-state index contributed by atoms with van der Waals surface area (Å²) in [5, 5.41) is 0. The first-order valence-electron chi connectivity index (χ1n) is 7.32. The highest BCUT2D eigenvalue weighted by atomic mass is 16.5. The molecule has 0 aromatic heterocycles. The number of methoxy groups -OCH3 is 1. The highest BCUT2D eigenvalue weighted by Crippen LogP contribution is 2.29. The number of rotatable bonds is 10. The second kappa shape index (κ2) is 9.37. The van der Waals surface area contributed by atoms with Gasteiger partial charge in [0.25, 0.3) is 0 Å². The van der Waals surface area contributed by atoms with E-state index in [0.717, 1.165) is 6.42 Å². The van der Waals surface area contributed by atoms with E-state index in [4.69, 9.17) is 19.9 Å². The average molecular weight is 295 g/mol. The summed E-state index contributed by atoms with van der Waals surface area (Å²) in [4.78, 5) is 12.3. The lowest BCUT2D eigenvalue weighted by molar-refractivity contribution is 0.0950. The van der Waals surface area contributed by atoms with Crippen LogP contribution in [-0.2, 0) is 4.74 Å². The Hall–Kier alpha value is -1.59. The number of benzene rings is 1. The molecule has 0 spiro atoms. The van der Waals surface area contributed by atoms with Crippen molar-refractivity contribution in [2.45, 2.75) is 32.7 Å². The molecule has 118 valence electrons. The first-order valence-corrected chi connectivity index (χ1v) is 7.32. The largest absolute Gasteiger partial charge is 0.490 e. The Morgan fingerprint density at radius 1 is 1.19 bits per heavy atom. The molecule has 1 aromatic carbocycles. The maximum absolute atomic E-state index is 12.3. The van der Waals surface area contributed by atoms with E-state index < -0.39 is 6.04 Å². The van der Waals surface area contributed by atoms with Crippen molar-refractivity contribution in [1.82, 2.24) is 0 Å². The number of ether oxygens (including phenoxy) is 3. The Kier molecular flexibility index (Phi) is 7.79. The molecule has 1 unspecified atom stereocenters. The van der Waals surface area contributed by atoms with E-state index in [1.54, 1.807) is 25.3 Å². The number of ketones is 1. The zero-order valence-electron chi connectivity index (χ0n) is 13.1. The van der Waals surface area contributed by atoms with Crippen molar-refractivity contribution in [3.63, 3.8) is 0 Å². The zero-order valence-corrected chi connectivity index (χ0v) is 13.1. The fourth-order valence-corrected chi connectivity index (χ4v) is 2.00. The van der Waals surface area contributed by atoms with Crippen LogP contribution in [-0.4, -0.2) is 38.8 Å². The molecule has 0 amide bonds. The van der Waals surface area contributed by atoms with Gasteiger partial charge in [0.15, 0.2) is 17.3 Å². The van der Waals surface area contributed by atoms with E-state index in [2.05, 4.69) is 0 Å². The Bertz CT molecular complexity index is 448. The van der Waals surface area contributed by atoms with Gasteiger partial charge in [-0.1, -0.05) is 0 Å². The van der Waals surface area contributed by atoms with Crippen molar-refractivity contribution >= 4 is 5.78 Å². The van der Waals surface area contributed by atoms with E-state index in [1.807, 2.05) is 13.8 Å². The molecule has 5 nitrogen and oxygen atoms in total. The molecule has 0 heterocycles. The monoisotopic (exact) mass is 295 g/mol. The normalized spacial score (nSPS) is 12.0. The highest BCUT2D eigenvalue weighted by molar-refractivity contribution is 6.00. The minimum absolute atomic E-state index is 0.0879. The molecule has 0 saturated carbocycles. The first-order chi connectivity index (χ1) is 10.1. The molecule has 0 fully saturated rings. The molecule has 0 aliphatic carbocycles. The van der Waals surface area contributed by atoms with Gasteiger partial charge in [-0.2, -0.15) is 0 Å². The van der Waals surface area contributed by atoms with Crippen LogP contribution >= 0.6 is 0 Å². The van der Waals surface area contributed by atoms with Crippen LogP contribution in [0.3, 0.4) is 0 Å². The van der Waals surface area contributed by atoms with Crippen LogP contribution in [0.25, 0.3) is 0 Å². The van der Waals surface area contributed by atoms with Crippen molar-refractivity contribution in [2.75, 3.05) is 26.9 Å². The maximum atomic E-state index is 12.3. The van der Waals surface area contributed by atoms with Gasteiger partial charge in [-0.15, -0.1) is 0 Å². The summed E-state index contributed by atoms with van der Waals surface area (Å²) in [6.07, 6.45) is 1.36. The van der Waals surface area contributed by atoms with Gasteiger partial charge in [-0.25, -0.2) is 0 Å². The summed E-state index contributed by atoms with van der Waals surface area (Å²) in [6.45, 7) is 5.46. The number of hydrogen-bond donors (Lipinski definition) is 1. The number of nitrogens with two attached hydrogens (primary N) is 1. The van der Waals surface area contributed by atoms with Crippen molar-refractivity contribution in [2.24, 2.45) is 5.73 Å². The third-order valence-electron chi connectivity index (χ3n) is 3.03. The van der Waals surface area contributed by atoms with Gasteiger partial charge in [-0.05, 0) is 44.9 Å². The van der Waals surface area contributed by atoms with Crippen LogP contribution in [0.1, 0.15) is 37.0 Å². The summed E-state index contributed by atoms with van der Waals surface area (Å²) in [5.74, 6) is 1.13. The predicted molar refractivity (Wildman–Crippen MR) is 82.2 cm³/mol. The van der Waals surface area contributed by atoms with Crippen LogP contribution in [0.2, 0.25) is 0 Å². The Labute approximate surface area is 126 Å². The van der Waals surface area contributed by atoms with Gasteiger partial charge in [0.2, 0.25) is 0 Å². The van der Waals surface area contributed by atoms with Crippen LogP contribution in [0.15, 0.2) is 18.2 Å². The Morgan fingerprint density at radius 2 is 1.86 bits per heavy atom. The van der Waals surface area contributed by atoms with Gasteiger partial charge < -0.3 is 19.9 Å². The maximum Gasteiger partial charge on any atom is 0.179 e. The molecule has 1 rings (SSSR count). The second-order valence-corrected chi connectivity index (χ2v) is 4.63. The fourth-order valence-electron chi connectivity index (χ4n) is 2.00. The molecule has 0 aliphatic heterocycles. The molecule has 21 heavy (non-hydrogen) atoms. The summed E-state index contributed by atoms with van der Waals surface area (Å²) in [7, 11) is 1.63. The molecule has 5 heteroatoms. The van der Waals surface area contributed by atoms with Crippen molar-refractivity contribution in [3.8, 4) is 11.5 Å². The summed E-state index contributed by atoms with van der Waals surface area (Å²) < 4.78 is 16.0. The molecule has 2 N–H and O–H groups in total. The molecule has 0 radical (unpaired) electrons. The van der Waals surface area contributed by atoms with Gasteiger partial charge in [0, 0.05) is 19.3 Å². The summed E-state index contributed by atoms with van der Waals surface area (Å²) in [5.41, 5.74) is 6.48. The van der Waals surface area contributed by atoms with Crippen LogP contribution in [0.4, 0.5) is 0 Å². The lowest BCUT2D eigenvalue weighted by Gasteiger charge is -2.14. The van der Waals surface area contributed by atoms with E-state index in [0.29, 0.717) is 43.3 Å². The van der Waals surface area contributed by atoms with Gasteiger partial charge in [0.1, 0.15) is 0 Å². The van der Waals surface area contributed by atoms with Gasteiger partial charge in [0.05, 0.1) is 19.3 Å². The summed E-state index contributed by atoms with van der Waals surface area (Å²) >= 11 is 0. The van der Waals surface area contributed by atoms with Crippen LogP contribution < -0.4 is 15.2 Å². The lowest BCUT2D eigenvalue weighted by atomic mass is 10.0. The highest BCUT2D eigenvalue weighted by Gasteiger charge is 2.17. The molecular weight excluding hydrogens is 270 g/mol. The smallest absolute Gasteiger partial charge is 0.179 e. The fraction of sp³-hybridized carbons (Fsp3) is 0.562. The molecule has 0 aliphatic rings. The zero-order chi connectivity index (χ0) is 15.7. The van der Waals surface area contributed by atoms with E-state index in [-0.39, 0.29) is 5.78 Å². The van der Waals surface area contributed by atoms with Crippen molar-refractivity contribution in [3.05, 3.63) is 23.8 Å². The van der Waals surface area contributed by atoms with Crippen molar-refractivity contribution < 1.29 is 19.0 Å². The Balaban J connectivity index is 2.81. The average Bonchev–Trinajstić information content (AvgIpc) is 2.49. The minimum atomic E-state index is -0.521. The Morgan fingerprint density at radius 3 is 2.48 bits per heavy atom. The van der Waals surface area contributed by atoms with E-state index in [9.17, 15) is 4.79 Å². The second-order valence-electron chi connectivity index (χ2n) is 4.63. The first kappa shape index (κ1) is 17.5. The third-order valence-corrected chi connectivity index (χ3v) is 3.03. The molecular formula is C16H25NO4. The van der Waals surface area contributed by atoms with E-state index >= 15 is 0 Å². The summed E-state index contributed by atoms with van der Waals surface area (Å²) in [6, 6.07) is 4.66. The topological polar surface area (TPSA) is 70.8 Å². The predicted octanol–water partition coefficient (Wildman–Crippen LogP) is 2.42. The third kappa shape index (κ3) is 5.36. The number of hydrogen-bond acceptors (Lipinski definition) is 5. The quantitative estimate of drug-likeness (QED) is 0.530. The standard InChI is InChI=1S/C16H25NO4/c1-4-20-14-9-8-12(11-15(14)21-5-2)16(18)13(17)7-6-10-19-3/h8-9,11,13H,4-7,10,17H2,1-3H3. The lowest BCUT2D eigenvalue weighted by Crippen LogP contribution is -2.30. The molecule has 1 aromatic rings.